The highest BCUT2D eigenvalue weighted by molar-refractivity contribution is 6.31. The Morgan fingerprint density at radius 3 is 2.93 bits per heavy atom. The molecule has 1 aliphatic rings. The number of rotatable bonds is 4. The van der Waals surface area contributed by atoms with Gasteiger partial charge < -0.3 is 5.11 Å². The molecule has 1 N–H and O–H groups in total. The maximum Gasteiger partial charge on any atom is 0.100 e. The Balaban J connectivity index is 2.21. The summed E-state index contributed by atoms with van der Waals surface area (Å²) in [7, 11) is 0. The third kappa shape index (κ3) is 2.04. The van der Waals surface area contributed by atoms with E-state index < -0.39 is 6.10 Å². The van der Waals surface area contributed by atoms with Crippen molar-refractivity contribution in [2.75, 3.05) is 0 Å². The van der Waals surface area contributed by atoms with Crippen molar-refractivity contribution in [3.63, 3.8) is 0 Å². The third-order valence-electron chi connectivity index (χ3n) is 3.13. The zero-order valence-corrected chi connectivity index (χ0v) is 9.91. The molecular weight excluding hydrogens is 212 g/mol. The van der Waals surface area contributed by atoms with Crippen LogP contribution in [0, 0.1) is 11.8 Å². The van der Waals surface area contributed by atoms with Crippen molar-refractivity contribution in [1.82, 2.24) is 9.78 Å². The predicted molar refractivity (Wildman–Crippen MR) is 59.8 cm³/mol. The molecule has 0 radical (unpaired) electrons. The molecule has 1 fully saturated rings. The summed E-state index contributed by atoms with van der Waals surface area (Å²) in [6.45, 7) is 5.06. The molecule has 84 valence electrons. The number of aliphatic hydroxyl groups excluding tert-OH is 1. The fourth-order valence-corrected chi connectivity index (χ4v) is 2.30. The SMILES string of the molecule is CCCn1ncc(Cl)c1C(O)C1CC1C. The van der Waals surface area contributed by atoms with Gasteiger partial charge >= 0.3 is 0 Å². The van der Waals surface area contributed by atoms with Gasteiger partial charge in [-0.05, 0) is 24.7 Å². The summed E-state index contributed by atoms with van der Waals surface area (Å²) in [6, 6.07) is 0. The predicted octanol–water partition coefficient (Wildman–Crippen LogP) is 2.64. The summed E-state index contributed by atoms with van der Waals surface area (Å²) >= 11 is 6.05. The van der Waals surface area contributed by atoms with Crippen LogP contribution in [0.5, 0.6) is 0 Å². The van der Waals surface area contributed by atoms with Gasteiger partial charge in [-0.25, -0.2) is 0 Å². The number of hydrogen-bond donors (Lipinski definition) is 1. The quantitative estimate of drug-likeness (QED) is 0.861. The van der Waals surface area contributed by atoms with Gasteiger partial charge in [-0.3, -0.25) is 4.68 Å². The fourth-order valence-electron chi connectivity index (χ4n) is 2.05. The van der Waals surface area contributed by atoms with Crippen LogP contribution in [0.1, 0.15) is 38.5 Å². The standard InChI is InChI=1S/C11H17ClN2O/c1-3-4-14-10(9(12)6-13-14)11(15)8-5-7(8)2/h6-8,11,15H,3-5H2,1-2H3. The van der Waals surface area contributed by atoms with Crippen molar-refractivity contribution in [2.24, 2.45) is 11.8 Å². The molecule has 0 amide bonds. The van der Waals surface area contributed by atoms with Crippen LogP contribution in [0.2, 0.25) is 5.02 Å². The van der Waals surface area contributed by atoms with Gasteiger partial charge in [-0.15, -0.1) is 0 Å². The number of aromatic nitrogens is 2. The zero-order chi connectivity index (χ0) is 11.0. The van der Waals surface area contributed by atoms with Crippen LogP contribution in [-0.4, -0.2) is 14.9 Å². The molecule has 0 spiro atoms. The first-order valence-electron chi connectivity index (χ1n) is 5.54. The average Bonchev–Trinajstić information content (AvgIpc) is 2.81. The van der Waals surface area contributed by atoms with Gasteiger partial charge in [0.25, 0.3) is 0 Å². The van der Waals surface area contributed by atoms with Gasteiger partial charge in [0.2, 0.25) is 0 Å². The second kappa shape index (κ2) is 4.14. The molecule has 0 aromatic carbocycles. The highest BCUT2D eigenvalue weighted by atomic mass is 35.5. The molecule has 3 nitrogen and oxygen atoms in total. The fraction of sp³-hybridized carbons (Fsp3) is 0.727. The van der Waals surface area contributed by atoms with E-state index in [-0.39, 0.29) is 0 Å². The molecule has 3 unspecified atom stereocenters. The summed E-state index contributed by atoms with van der Waals surface area (Å²) in [5.41, 5.74) is 0.799. The van der Waals surface area contributed by atoms with E-state index in [0.717, 1.165) is 25.1 Å². The van der Waals surface area contributed by atoms with Crippen LogP contribution in [0.3, 0.4) is 0 Å². The van der Waals surface area contributed by atoms with Crippen LogP contribution in [0.25, 0.3) is 0 Å². The molecule has 0 saturated heterocycles. The van der Waals surface area contributed by atoms with Crippen LogP contribution in [-0.2, 0) is 6.54 Å². The minimum Gasteiger partial charge on any atom is -0.386 e. The van der Waals surface area contributed by atoms with Crippen LogP contribution >= 0.6 is 11.6 Å². The van der Waals surface area contributed by atoms with Crippen LogP contribution in [0.15, 0.2) is 6.20 Å². The largest absolute Gasteiger partial charge is 0.386 e. The number of aryl methyl sites for hydroxylation is 1. The minimum absolute atomic E-state index is 0.370. The highest BCUT2D eigenvalue weighted by Crippen LogP contribution is 2.48. The Morgan fingerprint density at radius 2 is 2.40 bits per heavy atom. The number of hydrogen-bond acceptors (Lipinski definition) is 2. The van der Waals surface area contributed by atoms with E-state index in [1.807, 2.05) is 4.68 Å². The molecule has 1 aliphatic carbocycles. The Labute approximate surface area is 95.0 Å². The van der Waals surface area contributed by atoms with E-state index in [1.54, 1.807) is 6.20 Å². The smallest absolute Gasteiger partial charge is 0.100 e. The van der Waals surface area contributed by atoms with Crippen molar-refractivity contribution in [3.05, 3.63) is 16.9 Å². The number of nitrogens with zero attached hydrogens (tertiary/aromatic N) is 2. The number of aliphatic hydroxyl groups is 1. The monoisotopic (exact) mass is 228 g/mol. The summed E-state index contributed by atoms with van der Waals surface area (Å²) < 4.78 is 1.83. The van der Waals surface area contributed by atoms with Crippen LogP contribution < -0.4 is 0 Å². The molecule has 15 heavy (non-hydrogen) atoms. The average molecular weight is 229 g/mol. The lowest BCUT2D eigenvalue weighted by molar-refractivity contribution is 0.137. The molecule has 0 aliphatic heterocycles. The molecular formula is C11H17ClN2O. The lowest BCUT2D eigenvalue weighted by Gasteiger charge is -2.13. The molecule has 1 heterocycles. The summed E-state index contributed by atoms with van der Waals surface area (Å²) in [4.78, 5) is 0. The van der Waals surface area contributed by atoms with E-state index in [4.69, 9.17) is 11.6 Å². The molecule has 3 atom stereocenters. The Hall–Kier alpha value is -0.540. The first-order valence-corrected chi connectivity index (χ1v) is 5.92. The minimum atomic E-state index is -0.443. The normalized spacial score (nSPS) is 26.7. The van der Waals surface area contributed by atoms with E-state index in [2.05, 4.69) is 18.9 Å². The van der Waals surface area contributed by atoms with Gasteiger partial charge in [0.15, 0.2) is 0 Å². The van der Waals surface area contributed by atoms with Crippen molar-refractivity contribution < 1.29 is 5.11 Å². The maximum atomic E-state index is 10.2. The van der Waals surface area contributed by atoms with Crippen molar-refractivity contribution in [1.29, 1.82) is 0 Å². The van der Waals surface area contributed by atoms with Crippen LogP contribution in [0.4, 0.5) is 0 Å². The van der Waals surface area contributed by atoms with Crippen molar-refractivity contribution >= 4 is 11.6 Å². The molecule has 4 heteroatoms. The summed E-state index contributed by atoms with van der Waals surface area (Å²) in [6.07, 6.45) is 3.27. The van der Waals surface area contributed by atoms with Crippen molar-refractivity contribution in [2.45, 2.75) is 39.3 Å². The van der Waals surface area contributed by atoms with Gasteiger partial charge in [0.1, 0.15) is 6.10 Å². The van der Waals surface area contributed by atoms with Gasteiger partial charge in [-0.2, -0.15) is 5.10 Å². The topological polar surface area (TPSA) is 38.0 Å². The Morgan fingerprint density at radius 1 is 1.73 bits per heavy atom. The second-order valence-electron chi connectivity index (χ2n) is 4.42. The Kier molecular flexibility index (Phi) is 3.03. The molecule has 2 rings (SSSR count). The maximum absolute atomic E-state index is 10.2. The molecule has 1 aromatic heterocycles. The zero-order valence-electron chi connectivity index (χ0n) is 9.15. The van der Waals surface area contributed by atoms with E-state index in [9.17, 15) is 5.11 Å². The lowest BCUT2D eigenvalue weighted by Crippen LogP contribution is -2.11. The second-order valence-corrected chi connectivity index (χ2v) is 4.83. The summed E-state index contributed by atoms with van der Waals surface area (Å²) in [5, 5.41) is 14.9. The molecule has 1 aromatic rings. The van der Waals surface area contributed by atoms with E-state index in [0.29, 0.717) is 16.9 Å². The number of halogens is 1. The van der Waals surface area contributed by atoms with Gasteiger partial charge in [-0.1, -0.05) is 25.4 Å². The third-order valence-corrected chi connectivity index (χ3v) is 3.42. The van der Waals surface area contributed by atoms with Crippen molar-refractivity contribution in [3.8, 4) is 0 Å². The molecule has 0 bridgehead atoms. The lowest BCUT2D eigenvalue weighted by atomic mass is 10.1. The van der Waals surface area contributed by atoms with E-state index >= 15 is 0 Å². The summed E-state index contributed by atoms with van der Waals surface area (Å²) in [5.74, 6) is 0.982. The first kappa shape index (κ1) is 11.0. The highest BCUT2D eigenvalue weighted by Gasteiger charge is 2.41. The first-order chi connectivity index (χ1) is 7.15. The van der Waals surface area contributed by atoms with Gasteiger partial charge in [0, 0.05) is 6.54 Å². The molecule has 1 saturated carbocycles. The van der Waals surface area contributed by atoms with Gasteiger partial charge in [0.05, 0.1) is 16.9 Å². The van der Waals surface area contributed by atoms with E-state index in [1.165, 1.54) is 0 Å². The Bertz CT molecular complexity index is 350.